The molecule has 3 N–H and O–H groups in total. The maximum absolute atomic E-state index is 13.5. The number of thiazole rings is 1. The predicted molar refractivity (Wildman–Crippen MR) is 221 cm³/mol. The zero-order valence-electron chi connectivity index (χ0n) is 31.5. The fourth-order valence-corrected chi connectivity index (χ4v) is 8.25. The Morgan fingerprint density at radius 2 is 1.81 bits per heavy atom. The second-order valence-electron chi connectivity index (χ2n) is 13.7. The Morgan fingerprint density at radius 1 is 1.00 bits per heavy atom. The minimum Gasteiger partial charge on any atom is -0.491 e. The molecule has 3 aromatic carbocycles. The van der Waals surface area contributed by atoms with Crippen LogP contribution in [0.5, 0.6) is 5.75 Å². The maximum atomic E-state index is 13.5. The third-order valence-electron chi connectivity index (χ3n) is 9.40. The molecule has 0 aliphatic carbocycles. The van der Waals surface area contributed by atoms with Gasteiger partial charge >= 0.3 is 0 Å². The molecule has 298 valence electrons. The Bertz CT molecular complexity index is 2550. The zero-order valence-corrected chi connectivity index (χ0v) is 33.1. The van der Waals surface area contributed by atoms with Gasteiger partial charge in [0.05, 0.1) is 26.1 Å². The number of anilines is 3. The molecule has 16 nitrogen and oxygen atoms in total. The molecule has 0 saturated carbocycles. The fourth-order valence-electron chi connectivity index (χ4n) is 6.44. The lowest BCUT2D eigenvalue weighted by atomic mass is 9.94. The van der Waals surface area contributed by atoms with E-state index in [0.29, 0.717) is 54.7 Å². The van der Waals surface area contributed by atoms with E-state index in [1.54, 1.807) is 48.8 Å². The van der Waals surface area contributed by atoms with E-state index >= 15 is 0 Å². The molecule has 18 heteroatoms. The monoisotopic (exact) mass is 821 g/mol. The highest BCUT2D eigenvalue weighted by molar-refractivity contribution is 7.90. The molecule has 0 spiro atoms. The van der Waals surface area contributed by atoms with Gasteiger partial charge in [0.1, 0.15) is 29.6 Å². The average Bonchev–Trinajstić information content (AvgIpc) is 3.64. The van der Waals surface area contributed by atoms with Crippen molar-refractivity contribution >= 4 is 65.7 Å². The number of para-hydroxylation sites is 1. The predicted octanol–water partition coefficient (Wildman–Crippen LogP) is 5.74. The molecule has 1 aliphatic heterocycles. The van der Waals surface area contributed by atoms with Crippen LogP contribution in [0, 0.1) is 10.1 Å². The van der Waals surface area contributed by atoms with Crippen molar-refractivity contribution in [3.8, 4) is 5.75 Å². The molecular weight excluding hydrogens is 783 g/mol. The highest BCUT2D eigenvalue weighted by Gasteiger charge is 2.27. The third-order valence-corrected chi connectivity index (χ3v) is 11.7. The van der Waals surface area contributed by atoms with Crippen molar-refractivity contribution in [2.45, 2.75) is 30.3 Å². The van der Waals surface area contributed by atoms with E-state index in [-0.39, 0.29) is 29.9 Å². The van der Waals surface area contributed by atoms with Gasteiger partial charge in [0.25, 0.3) is 27.5 Å². The number of amides is 2. The van der Waals surface area contributed by atoms with Crippen molar-refractivity contribution in [2.75, 3.05) is 49.3 Å². The van der Waals surface area contributed by atoms with Crippen LogP contribution in [-0.2, 0) is 23.0 Å². The summed E-state index contributed by atoms with van der Waals surface area (Å²) in [7, 11) is -0.753. The Morgan fingerprint density at radius 3 is 2.59 bits per heavy atom. The molecule has 0 unspecified atom stereocenters. The van der Waals surface area contributed by atoms with E-state index in [0.717, 1.165) is 27.4 Å². The van der Waals surface area contributed by atoms with E-state index in [1.807, 2.05) is 58.9 Å². The van der Waals surface area contributed by atoms with Gasteiger partial charge in [-0.15, -0.1) is 0 Å². The third kappa shape index (κ3) is 9.37. The summed E-state index contributed by atoms with van der Waals surface area (Å²) in [6, 6.07) is 24.2. The van der Waals surface area contributed by atoms with Crippen LogP contribution < -0.4 is 25.0 Å². The Kier molecular flexibility index (Phi) is 11.9. The van der Waals surface area contributed by atoms with Gasteiger partial charge in [0.15, 0.2) is 5.13 Å². The lowest BCUT2D eigenvalue weighted by molar-refractivity contribution is -0.384. The summed E-state index contributed by atoms with van der Waals surface area (Å²) in [5.74, 6) is -0.295. The molecule has 0 fully saturated rings. The average molecular weight is 822 g/mol. The first-order chi connectivity index (χ1) is 27.9. The summed E-state index contributed by atoms with van der Waals surface area (Å²) >= 11 is 1.32. The minimum absolute atomic E-state index is 0.100. The summed E-state index contributed by atoms with van der Waals surface area (Å²) < 4.78 is 35.7. The SMILES string of the molecule is CN(C)CC[C@H](COc1ccccc1)Nc1ccc(S(=O)(=O)NC(=O)c2cccc(N3CCc4cccc(C(=O)Nc5nc6ccncc6s5)c4C3)n2)cc1[N+](=O)[O-]. The quantitative estimate of drug-likeness (QED) is 0.0837. The summed E-state index contributed by atoms with van der Waals surface area (Å²) in [4.78, 5) is 54.9. The normalized spacial score (nSPS) is 13.1. The van der Waals surface area contributed by atoms with Gasteiger partial charge in [0, 0.05) is 37.1 Å². The smallest absolute Gasteiger partial charge is 0.293 e. The van der Waals surface area contributed by atoms with E-state index in [2.05, 4.69) is 25.6 Å². The number of ether oxygens (including phenoxy) is 1. The van der Waals surface area contributed by atoms with Crippen molar-refractivity contribution in [3.05, 3.63) is 136 Å². The summed E-state index contributed by atoms with van der Waals surface area (Å²) in [6.07, 6.45) is 4.50. The second kappa shape index (κ2) is 17.3. The molecule has 4 heterocycles. The van der Waals surface area contributed by atoms with Crippen LogP contribution in [-0.4, -0.2) is 84.8 Å². The lowest BCUT2D eigenvalue weighted by Crippen LogP contribution is -2.34. The highest BCUT2D eigenvalue weighted by Crippen LogP contribution is 2.31. The Hall–Kier alpha value is -6.50. The van der Waals surface area contributed by atoms with Gasteiger partial charge in [-0.05, 0) is 93.1 Å². The summed E-state index contributed by atoms with van der Waals surface area (Å²) in [5.41, 5.74) is 2.43. The summed E-state index contributed by atoms with van der Waals surface area (Å²) in [5, 5.41) is 18.7. The van der Waals surface area contributed by atoms with Crippen LogP contribution >= 0.6 is 11.3 Å². The Balaban J connectivity index is 1.04. The number of pyridine rings is 2. The molecule has 0 saturated heterocycles. The topological polar surface area (TPSA) is 202 Å². The summed E-state index contributed by atoms with van der Waals surface area (Å²) in [6.45, 7) is 1.68. The Labute approximate surface area is 338 Å². The van der Waals surface area contributed by atoms with Crippen molar-refractivity contribution in [3.63, 3.8) is 0 Å². The van der Waals surface area contributed by atoms with Gasteiger partial charge in [-0.2, -0.15) is 0 Å². The number of rotatable bonds is 15. The van der Waals surface area contributed by atoms with Crippen LogP contribution in [0.4, 0.5) is 22.3 Å². The van der Waals surface area contributed by atoms with Crippen LogP contribution in [0.3, 0.4) is 0 Å². The molecule has 7 rings (SSSR count). The molecule has 1 atom stereocenters. The van der Waals surface area contributed by atoms with Crippen molar-refractivity contribution in [2.24, 2.45) is 0 Å². The number of nitrogens with zero attached hydrogens (tertiary/aromatic N) is 6. The number of hydrogen-bond donors (Lipinski definition) is 3. The number of carbonyl (C=O) groups is 2. The van der Waals surface area contributed by atoms with Gasteiger partial charge < -0.3 is 19.9 Å². The van der Waals surface area contributed by atoms with Crippen molar-refractivity contribution < 1.29 is 27.7 Å². The lowest BCUT2D eigenvalue weighted by Gasteiger charge is -2.31. The molecule has 3 aromatic heterocycles. The number of carbonyl (C=O) groups excluding carboxylic acids is 2. The van der Waals surface area contributed by atoms with Gasteiger partial charge in [-0.3, -0.25) is 30.0 Å². The first kappa shape index (κ1) is 39.7. The van der Waals surface area contributed by atoms with Gasteiger partial charge in [-0.25, -0.2) is 23.1 Å². The largest absolute Gasteiger partial charge is 0.491 e. The van der Waals surface area contributed by atoms with Crippen LogP contribution in [0.2, 0.25) is 0 Å². The second-order valence-corrected chi connectivity index (χ2v) is 16.5. The number of nitro groups is 1. The molecule has 6 aromatic rings. The molecule has 1 aliphatic rings. The van der Waals surface area contributed by atoms with Gasteiger partial charge in [0.2, 0.25) is 0 Å². The highest BCUT2D eigenvalue weighted by atomic mass is 32.2. The number of nitro benzene ring substituents is 1. The number of benzene rings is 3. The molecule has 0 bridgehead atoms. The van der Waals surface area contributed by atoms with E-state index in [1.165, 1.54) is 29.5 Å². The number of fused-ring (bicyclic) bond motifs is 2. The molecule has 0 radical (unpaired) electrons. The number of nitrogens with one attached hydrogen (secondary N) is 3. The first-order valence-corrected chi connectivity index (χ1v) is 20.5. The minimum atomic E-state index is -4.57. The van der Waals surface area contributed by atoms with E-state index in [4.69, 9.17) is 4.74 Å². The van der Waals surface area contributed by atoms with Gasteiger partial charge in [-0.1, -0.05) is 47.7 Å². The van der Waals surface area contributed by atoms with Crippen LogP contribution in [0.25, 0.3) is 10.2 Å². The molecular formula is C40H39N9O7S2. The van der Waals surface area contributed by atoms with E-state index in [9.17, 15) is 28.1 Å². The maximum Gasteiger partial charge on any atom is 0.293 e. The number of aromatic nitrogens is 3. The first-order valence-electron chi connectivity index (χ1n) is 18.2. The van der Waals surface area contributed by atoms with Crippen LogP contribution in [0.1, 0.15) is 38.4 Å². The van der Waals surface area contributed by atoms with Crippen molar-refractivity contribution in [1.82, 2.24) is 24.6 Å². The number of hydrogen-bond acceptors (Lipinski definition) is 14. The molecule has 58 heavy (non-hydrogen) atoms. The standard InChI is InChI=1S/C40H39N9O7S2/c1-47(2)20-18-27(25-56-28-9-4-3-5-10-28)42-32-15-14-29(22-35(32)49(52)53)58(54,55)46-39(51)34-12-7-13-37(43-34)48-21-17-26-8-6-11-30(31(26)24-48)38(50)45-40-44-33-16-19-41-23-36(33)57-40/h3-16,19,22-23,27,42H,17-18,20-21,24-25H2,1-2H3,(H,46,51)(H,44,45,50)/t27-/m1/s1. The van der Waals surface area contributed by atoms with Crippen LogP contribution in [0.15, 0.2) is 108 Å². The number of sulfonamides is 1. The fraction of sp³-hybridized carbons (Fsp3) is 0.225. The molecule has 2 amide bonds. The van der Waals surface area contributed by atoms with Crippen molar-refractivity contribution in [1.29, 1.82) is 0 Å². The zero-order chi connectivity index (χ0) is 40.8. The van der Waals surface area contributed by atoms with E-state index < -0.39 is 31.4 Å².